The normalized spacial score (nSPS) is 10.2. The molecule has 0 atom stereocenters. The highest BCUT2D eigenvalue weighted by molar-refractivity contribution is 5.92. The van der Waals surface area contributed by atoms with Crippen molar-refractivity contribution < 1.29 is 18.7 Å². The number of ether oxygens (including phenoxy) is 1. The van der Waals surface area contributed by atoms with E-state index in [1.54, 1.807) is 17.9 Å². The molecule has 0 saturated heterocycles. The third-order valence-corrected chi connectivity index (χ3v) is 2.54. The Morgan fingerprint density at radius 1 is 1.33 bits per heavy atom. The molecule has 5 nitrogen and oxygen atoms in total. The van der Waals surface area contributed by atoms with Crippen molar-refractivity contribution in [1.82, 2.24) is 4.90 Å². The maximum absolute atomic E-state index is 12.8. The van der Waals surface area contributed by atoms with Crippen LogP contribution >= 0.6 is 0 Å². The molecule has 0 fully saturated rings. The summed E-state index contributed by atoms with van der Waals surface area (Å²) >= 11 is 0. The molecule has 1 aromatic rings. The maximum atomic E-state index is 12.8. The Kier molecular flexibility index (Phi) is 7.11. The molecular weight excluding hydrogens is 275 g/mol. The number of hydrogen-bond acceptors (Lipinski definition) is 4. The fraction of sp³-hybridized carbons (Fsp3) is 0.333. The summed E-state index contributed by atoms with van der Waals surface area (Å²) in [5, 5.41) is 2.63. The molecule has 0 unspecified atom stereocenters. The fourth-order valence-corrected chi connectivity index (χ4v) is 1.69. The quantitative estimate of drug-likeness (QED) is 0.587. The molecular formula is C15H19FN2O3. The van der Waals surface area contributed by atoms with E-state index in [0.29, 0.717) is 18.8 Å². The Bertz CT molecular complexity index is 488. The second-order valence-electron chi connectivity index (χ2n) is 4.32. The molecule has 0 spiro atoms. The molecule has 1 amide bonds. The summed E-state index contributed by atoms with van der Waals surface area (Å²) in [7, 11) is 0. The van der Waals surface area contributed by atoms with Gasteiger partial charge in [-0.1, -0.05) is 6.08 Å². The summed E-state index contributed by atoms with van der Waals surface area (Å²) in [4.78, 5) is 24.9. The zero-order chi connectivity index (χ0) is 15.7. The smallest absolute Gasteiger partial charge is 0.320 e. The lowest BCUT2D eigenvalue weighted by atomic mass is 10.3. The van der Waals surface area contributed by atoms with E-state index in [-0.39, 0.29) is 24.8 Å². The summed E-state index contributed by atoms with van der Waals surface area (Å²) < 4.78 is 17.6. The van der Waals surface area contributed by atoms with Crippen LogP contribution in [0, 0.1) is 5.82 Å². The number of nitrogens with one attached hydrogen (secondary N) is 1. The zero-order valence-electron chi connectivity index (χ0n) is 12.0. The van der Waals surface area contributed by atoms with Crippen molar-refractivity contribution in [2.24, 2.45) is 0 Å². The highest BCUT2D eigenvalue weighted by Crippen LogP contribution is 2.08. The van der Waals surface area contributed by atoms with E-state index in [4.69, 9.17) is 4.74 Å². The average molecular weight is 294 g/mol. The lowest BCUT2D eigenvalue weighted by molar-refractivity contribution is -0.144. The van der Waals surface area contributed by atoms with Crippen LogP contribution in [0.4, 0.5) is 10.1 Å². The van der Waals surface area contributed by atoms with Gasteiger partial charge in [0.15, 0.2) is 0 Å². The summed E-state index contributed by atoms with van der Waals surface area (Å²) in [6.07, 6.45) is 1.60. The van der Waals surface area contributed by atoms with E-state index in [2.05, 4.69) is 11.9 Å². The van der Waals surface area contributed by atoms with Crippen LogP contribution in [0.5, 0.6) is 0 Å². The van der Waals surface area contributed by atoms with Crippen molar-refractivity contribution in [3.05, 3.63) is 42.7 Å². The van der Waals surface area contributed by atoms with Gasteiger partial charge in [0.1, 0.15) is 5.82 Å². The lowest BCUT2D eigenvalue weighted by Crippen LogP contribution is -2.37. The van der Waals surface area contributed by atoms with Gasteiger partial charge in [0.2, 0.25) is 5.91 Å². The number of carbonyl (C=O) groups is 2. The minimum absolute atomic E-state index is 0.0106. The molecule has 0 saturated carbocycles. The molecule has 0 aliphatic heterocycles. The van der Waals surface area contributed by atoms with Crippen molar-refractivity contribution in [2.75, 3.05) is 31.6 Å². The average Bonchev–Trinajstić information content (AvgIpc) is 2.41. The Balaban J connectivity index is 2.53. The summed E-state index contributed by atoms with van der Waals surface area (Å²) in [5.74, 6) is -1.06. The summed E-state index contributed by atoms with van der Waals surface area (Å²) in [5.41, 5.74) is 0.496. The number of amides is 1. The van der Waals surface area contributed by atoms with Gasteiger partial charge in [0, 0.05) is 12.2 Å². The van der Waals surface area contributed by atoms with Crippen LogP contribution < -0.4 is 5.32 Å². The summed E-state index contributed by atoms with van der Waals surface area (Å²) in [6, 6.07) is 5.46. The van der Waals surface area contributed by atoms with Gasteiger partial charge in [0.05, 0.1) is 19.7 Å². The standard InChI is InChI=1S/C15H19FN2O3/c1-3-9-18(11-15(20)21-4-2)10-14(19)17-13-7-5-12(16)6-8-13/h3,5-8H,1,4,9-11H2,2H3,(H,17,19). The van der Waals surface area contributed by atoms with Crippen LogP contribution in [0.3, 0.4) is 0 Å². The monoisotopic (exact) mass is 294 g/mol. The Morgan fingerprint density at radius 3 is 2.57 bits per heavy atom. The SMILES string of the molecule is C=CCN(CC(=O)Nc1ccc(F)cc1)CC(=O)OCC. The maximum Gasteiger partial charge on any atom is 0.320 e. The van der Waals surface area contributed by atoms with Gasteiger partial charge < -0.3 is 10.1 Å². The Hall–Kier alpha value is -2.21. The zero-order valence-corrected chi connectivity index (χ0v) is 12.0. The molecule has 0 heterocycles. The number of nitrogens with zero attached hydrogens (tertiary/aromatic N) is 1. The van der Waals surface area contributed by atoms with Gasteiger partial charge in [-0.05, 0) is 31.2 Å². The van der Waals surface area contributed by atoms with Gasteiger partial charge >= 0.3 is 5.97 Å². The predicted octanol–water partition coefficient (Wildman–Crippen LogP) is 1.82. The van der Waals surface area contributed by atoms with Crippen LogP contribution in [0.1, 0.15) is 6.92 Å². The topological polar surface area (TPSA) is 58.6 Å². The van der Waals surface area contributed by atoms with E-state index in [9.17, 15) is 14.0 Å². The highest BCUT2D eigenvalue weighted by Gasteiger charge is 2.14. The predicted molar refractivity (Wildman–Crippen MR) is 78.3 cm³/mol. The van der Waals surface area contributed by atoms with E-state index >= 15 is 0 Å². The number of halogens is 1. The molecule has 0 bridgehead atoms. The molecule has 114 valence electrons. The van der Waals surface area contributed by atoms with Crippen LogP contribution in [-0.2, 0) is 14.3 Å². The molecule has 6 heteroatoms. The van der Waals surface area contributed by atoms with Gasteiger partial charge in [0.25, 0.3) is 0 Å². The molecule has 1 rings (SSSR count). The molecule has 0 aliphatic rings. The van der Waals surface area contributed by atoms with E-state index in [0.717, 1.165) is 0 Å². The van der Waals surface area contributed by atoms with Crippen LogP contribution in [-0.4, -0.2) is 43.0 Å². The van der Waals surface area contributed by atoms with Crippen LogP contribution in [0.15, 0.2) is 36.9 Å². The third kappa shape index (κ3) is 6.67. The second kappa shape index (κ2) is 8.86. The van der Waals surface area contributed by atoms with Crippen molar-refractivity contribution >= 4 is 17.6 Å². The fourth-order valence-electron chi connectivity index (χ4n) is 1.69. The number of carbonyl (C=O) groups excluding carboxylic acids is 2. The Labute approximate surface area is 123 Å². The van der Waals surface area contributed by atoms with Crippen LogP contribution in [0.2, 0.25) is 0 Å². The lowest BCUT2D eigenvalue weighted by Gasteiger charge is -2.18. The number of benzene rings is 1. The van der Waals surface area contributed by atoms with Gasteiger partial charge in [-0.2, -0.15) is 0 Å². The molecule has 0 aromatic heterocycles. The molecule has 1 aromatic carbocycles. The first-order valence-corrected chi connectivity index (χ1v) is 6.59. The number of anilines is 1. The molecule has 1 N–H and O–H groups in total. The van der Waals surface area contributed by atoms with Crippen molar-refractivity contribution in [3.63, 3.8) is 0 Å². The first kappa shape index (κ1) is 16.8. The van der Waals surface area contributed by atoms with E-state index in [1.807, 2.05) is 0 Å². The van der Waals surface area contributed by atoms with Gasteiger partial charge in [-0.15, -0.1) is 6.58 Å². The number of rotatable bonds is 8. The van der Waals surface area contributed by atoms with Crippen molar-refractivity contribution in [2.45, 2.75) is 6.92 Å². The van der Waals surface area contributed by atoms with Gasteiger partial charge in [-0.25, -0.2) is 4.39 Å². The van der Waals surface area contributed by atoms with Crippen LogP contribution in [0.25, 0.3) is 0 Å². The van der Waals surface area contributed by atoms with Crippen molar-refractivity contribution in [3.8, 4) is 0 Å². The van der Waals surface area contributed by atoms with E-state index < -0.39 is 5.97 Å². The second-order valence-corrected chi connectivity index (χ2v) is 4.32. The number of esters is 1. The summed E-state index contributed by atoms with van der Waals surface area (Å²) in [6.45, 7) is 6.01. The first-order valence-electron chi connectivity index (χ1n) is 6.59. The Morgan fingerprint density at radius 2 is 2.00 bits per heavy atom. The van der Waals surface area contributed by atoms with E-state index in [1.165, 1.54) is 24.3 Å². The third-order valence-electron chi connectivity index (χ3n) is 2.54. The molecule has 21 heavy (non-hydrogen) atoms. The van der Waals surface area contributed by atoms with Crippen molar-refractivity contribution in [1.29, 1.82) is 0 Å². The van der Waals surface area contributed by atoms with Gasteiger partial charge in [-0.3, -0.25) is 14.5 Å². The highest BCUT2D eigenvalue weighted by atomic mass is 19.1. The molecule has 0 aliphatic carbocycles. The molecule has 0 radical (unpaired) electrons. The number of hydrogen-bond donors (Lipinski definition) is 1. The minimum Gasteiger partial charge on any atom is -0.465 e. The minimum atomic E-state index is -0.395. The largest absolute Gasteiger partial charge is 0.465 e. The first-order chi connectivity index (χ1) is 10.0.